The summed E-state index contributed by atoms with van der Waals surface area (Å²) in [5.74, 6) is 1.72. The van der Waals surface area contributed by atoms with Crippen LogP contribution in [0.1, 0.15) is 12.0 Å². The number of anilines is 1. The zero-order chi connectivity index (χ0) is 13.7. The van der Waals surface area contributed by atoms with Crippen LogP contribution in [0.3, 0.4) is 0 Å². The molecule has 0 saturated carbocycles. The number of hydrogen-bond acceptors (Lipinski definition) is 4. The number of aryl methyl sites for hydroxylation is 1. The Morgan fingerprint density at radius 1 is 1.67 bits per heavy atom. The van der Waals surface area contributed by atoms with E-state index in [9.17, 15) is 14.9 Å². The number of hydrogen-bond donors (Lipinski definition) is 2. The molecule has 1 aromatic carbocycles. The summed E-state index contributed by atoms with van der Waals surface area (Å²) in [6.45, 7) is 1.76. The molecule has 0 aliphatic heterocycles. The second kappa shape index (κ2) is 5.80. The lowest BCUT2D eigenvalue weighted by molar-refractivity contribution is -0.383. The molecule has 0 spiro atoms. The van der Waals surface area contributed by atoms with Gasteiger partial charge < -0.3 is 11.1 Å². The monoisotopic (exact) mass is 247 g/mol. The topological polar surface area (TPSA) is 98.3 Å². The van der Waals surface area contributed by atoms with Gasteiger partial charge in [-0.25, -0.2) is 0 Å². The van der Waals surface area contributed by atoms with Crippen LogP contribution in [0.2, 0.25) is 0 Å². The third-order valence-electron chi connectivity index (χ3n) is 2.28. The van der Waals surface area contributed by atoms with Crippen molar-refractivity contribution >= 4 is 17.3 Å². The highest BCUT2D eigenvalue weighted by Crippen LogP contribution is 2.25. The van der Waals surface area contributed by atoms with Gasteiger partial charge in [0, 0.05) is 12.5 Å². The SMILES string of the molecule is C#CCC(N)C(=O)Nc1cc(C)ccc1[N+](=O)[O-]. The van der Waals surface area contributed by atoms with E-state index in [0.29, 0.717) is 0 Å². The maximum atomic E-state index is 11.6. The van der Waals surface area contributed by atoms with E-state index >= 15 is 0 Å². The van der Waals surface area contributed by atoms with E-state index in [-0.39, 0.29) is 17.8 Å². The molecule has 1 aromatic rings. The molecule has 1 rings (SSSR count). The van der Waals surface area contributed by atoms with Gasteiger partial charge in [0.05, 0.1) is 11.0 Å². The van der Waals surface area contributed by atoms with E-state index < -0.39 is 16.9 Å². The molecule has 94 valence electrons. The van der Waals surface area contributed by atoms with Gasteiger partial charge in [0.2, 0.25) is 5.91 Å². The molecule has 3 N–H and O–H groups in total. The van der Waals surface area contributed by atoms with Crippen molar-refractivity contribution in [2.24, 2.45) is 5.73 Å². The van der Waals surface area contributed by atoms with Gasteiger partial charge in [0.1, 0.15) is 5.69 Å². The summed E-state index contributed by atoms with van der Waals surface area (Å²) in [5, 5.41) is 13.2. The summed E-state index contributed by atoms with van der Waals surface area (Å²) < 4.78 is 0. The fourth-order valence-electron chi connectivity index (χ4n) is 1.35. The minimum absolute atomic E-state index is 0.0748. The molecular formula is C12H13N3O3. The molecule has 0 radical (unpaired) electrons. The second-order valence-electron chi connectivity index (χ2n) is 3.78. The molecule has 0 fully saturated rings. The first kappa shape index (κ1) is 13.7. The van der Waals surface area contributed by atoms with Gasteiger partial charge in [0.15, 0.2) is 0 Å². The molecule has 6 nitrogen and oxygen atoms in total. The normalized spacial score (nSPS) is 11.4. The van der Waals surface area contributed by atoms with E-state index in [1.165, 1.54) is 12.1 Å². The smallest absolute Gasteiger partial charge is 0.292 e. The van der Waals surface area contributed by atoms with Gasteiger partial charge in [-0.2, -0.15) is 0 Å². The van der Waals surface area contributed by atoms with Crippen LogP contribution in [0.25, 0.3) is 0 Å². The van der Waals surface area contributed by atoms with Crippen molar-refractivity contribution in [2.45, 2.75) is 19.4 Å². The van der Waals surface area contributed by atoms with Crippen molar-refractivity contribution in [3.63, 3.8) is 0 Å². The number of carbonyl (C=O) groups is 1. The number of nitro benzene ring substituents is 1. The number of rotatable bonds is 4. The molecule has 0 aliphatic carbocycles. The first-order valence-electron chi connectivity index (χ1n) is 5.20. The molecule has 0 aliphatic rings. The molecule has 18 heavy (non-hydrogen) atoms. The Kier molecular flexibility index (Phi) is 4.40. The van der Waals surface area contributed by atoms with Crippen molar-refractivity contribution in [2.75, 3.05) is 5.32 Å². The minimum Gasteiger partial charge on any atom is -0.319 e. The summed E-state index contributed by atoms with van der Waals surface area (Å²) in [6.07, 6.45) is 5.12. The van der Waals surface area contributed by atoms with Gasteiger partial charge >= 0.3 is 0 Å². The first-order valence-corrected chi connectivity index (χ1v) is 5.20. The Morgan fingerprint density at radius 3 is 2.89 bits per heavy atom. The maximum Gasteiger partial charge on any atom is 0.292 e. The van der Waals surface area contributed by atoms with Crippen LogP contribution >= 0.6 is 0 Å². The van der Waals surface area contributed by atoms with Crippen LogP contribution in [0, 0.1) is 29.4 Å². The van der Waals surface area contributed by atoms with E-state index in [2.05, 4.69) is 11.2 Å². The van der Waals surface area contributed by atoms with Gasteiger partial charge in [0.25, 0.3) is 5.69 Å². The lowest BCUT2D eigenvalue weighted by atomic mass is 10.1. The number of carbonyl (C=O) groups excluding carboxylic acids is 1. The molecule has 0 saturated heterocycles. The molecular weight excluding hydrogens is 234 g/mol. The number of nitrogens with zero attached hydrogens (tertiary/aromatic N) is 1. The number of nitrogens with two attached hydrogens (primary N) is 1. The van der Waals surface area contributed by atoms with Crippen LogP contribution in [-0.2, 0) is 4.79 Å². The average molecular weight is 247 g/mol. The molecule has 1 atom stereocenters. The molecule has 1 amide bonds. The Morgan fingerprint density at radius 2 is 2.33 bits per heavy atom. The number of nitro groups is 1. The van der Waals surface area contributed by atoms with Crippen molar-refractivity contribution in [1.29, 1.82) is 0 Å². The van der Waals surface area contributed by atoms with Crippen molar-refractivity contribution in [1.82, 2.24) is 0 Å². The predicted molar refractivity (Wildman–Crippen MR) is 67.9 cm³/mol. The van der Waals surface area contributed by atoms with Crippen LogP contribution in [-0.4, -0.2) is 16.9 Å². The number of nitrogens with one attached hydrogen (secondary N) is 1. The van der Waals surface area contributed by atoms with Crippen molar-refractivity contribution < 1.29 is 9.72 Å². The number of terminal acetylenes is 1. The second-order valence-corrected chi connectivity index (χ2v) is 3.78. The lowest BCUT2D eigenvalue weighted by Gasteiger charge is -2.10. The highest BCUT2D eigenvalue weighted by Gasteiger charge is 2.18. The summed E-state index contributed by atoms with van der Waals surface area (Å²) in [5.41, 5.74) is 6.25. The highest BCUT2D eigenvalue weighted by molar-refractivity contribution is 5.96. The zero-order valence-electron chi connectivity index (χ0n) is 9.84. The van der Waals surface area contributed by atoms with Gasteiger partial charge in [-0.1, -0.05) is 6.07 Å². The van der Waals surface area contributed by atoms with Crippen molar-refractivity contribution in [3.8, 4) is 12.3 Å². The van der Waals surface area contributed by atoms with E-state index in [1.54, 1.807) is 13.0 Å². The summed E-state index contributed by atoms with van der Waals surface area (Å²) in [6, 6.07) is 3.56. The van der Waals surface area contributed by atoms with E-state index in [0.717, 1.165) is 5.56 Å². The number of amides is 1. The fraction of sp³-hybridized carbons (Fsp3) is 0.250. The van der Waals surface area contributed by atoms with Crippen LogP contribution in [0.15, 0.2) is 18.2 Å². The predicted octanol–water partition coefficient (Wildman–Crippen LogP) is 1.19. The first-order chi connectivity index (χ1) is 8.45. The average Bonchev–Trinajstić information content (AvgIpc) is 2.28. The molecule has 0 heterocycles. The largest absolute Gasteiger partial charge is 0.319 e. The summed E-state index contributed by atoms with van der Waals surface area (Å²) in [4.78, 5) is 21.9. The Labute approximate surface area is 104 Å². The zero-order valence-corrected chi connectivity index (χ0v) is 9.84. The summed E-state index contributed by atoms with van der Waals surface area (Å²) in [7, 11) is 0. The quantitative estimate of drug-likeness (QED) is 0.474. The third-order valence-corrected chi connectivity index (χ3v) is 2.28. The molecule has 0 bridgehead atoms. The van der Waals surface area contributed by atoms with Gasteiger partial charge in [-0.15, -0.1) is 12.3 Å². The molecule has 6 heteroatoms. The van der Waals surface area contributed by atoms with Gasteiger partial charge in [-0.3, -0.25) is 14.9 Å². The van der Waals surface area contributed by atoms with Crippen LogP contribution in [0.5, 0.6) is 0 Å². The van der Waals surface area contributed by atoms with E-state index in [1.807, 2.05) is 0 Å². The standard InChI is InChI=1S/C12H13N3O3/c1-3-4-9(13)12(16)14-10-7-8(2)5-6-11(10)15(17)18/h1,5-7,9H,4,13H2,2H3,(H,14,16). The Balaban J connectivity index is 2.96. The van der Waals surface area contributed by atoms with E-state index in [4.69, 9.17) is 12.2 Å². The minimum atomic E-state index is -0.880. The Bertz CT molecular complexity index is 520. The van der Waals surface area contributed by atoms with Crippen LogP contribution in [0.4, 0.5) is 11.4 Å². The maximum absolute atomic E-state index is 11.6. The van der Waals surface area contributed by atoms with Crippen molar-refractivity contribution in [3.05, 3.63) is 33.9 Å². The summed E-state index contributed by atoms with van der Waals surface area (Å²) >= 11 is 0. The lowest BCUT2D eigenvalue weighted by Crippen LogP contribution is -2.35. The fourth-order valence-corrected chi connectivity index (χ4v) is 1.35. The van der Waals surface area contributed by atoms with Crippen LogP contribution < -0.4 is 11.1 Å². The Hall–Kier alpha value is -2.39. The highest BCUT2D eigenvalue weighted by atomic mass is 16.6. The molecule has 1 unspecified atom stereocenters. The third kappa shape index (κ3) is 3.30. The van der Waals surface area contributed by atoms with Gasteiger partial charge in [-0.05, 0) is 18.6 Å². The molecule has 0 aromatic heterocycles. The number of benzene rings is 1.